The summed E-state index contributed by atoms with van der Waals surface area (Å²) in [5.74, 6) is -0.266. The predicted octanol–water partition coefficient (Wildman–Crippen LogP) is 0.680. The number of esters is 1. The minimum Gasteiger partial charge on any atom is -0.469 e. The standard InChI is InChI=1S/C6H12ClNO2.CH4O/c1-6(2,8-7)4-5(9)10-3;1-2/h8H,4H2,1-3H3;2H,1H3. The summed E-state index contributed by atoms with van der Waals surface area (Å²) in [6.45, 7) is 3.63. The maximum Gasteiger partial charge on any atom is 0.307 e. The molecule has 0 rings (SSSR count). The molecule has 0 saturated heterocycles. The Morgan fingerprint density at radius 3 is 2.25 bits per heavy atom. The lowest BCUT2D eigenvalue weighted by molar-refractivity contribution is -0.141. The molecule has 0 aromatic carbocycles. The van der Waals surface area contributed by atoms with Crippen molar-refractivity contribution in [2.75, 3.05) is 14.2 Å². The van der Waals surface area contributed by atoms with Crippen molar-refractivity contribution in [2.24, 2.45) is 0 Å². The van der Waals surface area contributed by atoms with Crippen molar-refractivity contribution in [2.45, 2.75) is 25.8 Å². The number of rotatable bonds is 3. The summed E-state index contributed by atoms with van der Waals surface area (Å²) < 4.78 is 4.45. The van der Waals surface area contributed by atoms with Crippen LogP contribution in [0, 0.1) is 0 Å². The lowest BCUT2D eigenvalue weighted by Gasteiger charge is -2.19. The van der Waals surface area contributed by atoms with Crippen LogP contribution in [0.1, 0.15) is 20.3 Å². The Hall–Kier alpha value is -0.320. The second-order valence-electron chi connectivity index (χ2n) is 2.73. The van der Waals surface area contributed by atoms with Gasteiger partial charge in [-0.05, 0) is 25.6 Å². The minimum atomic E-state index is -0.394. The number of hydrogen-bond donors (Lipinski definition) is 2. The Labute approximate surface area is 78.0 Å². The Balaban J connectivity index is 0. The van der Waals surface area contributed by atoms with E-state index in [2.05, 4.69) is 9.57 Å². The normalized spacial score (nSPS) is 9.83. The van der Waals surface area contributed by atoms with Gasteiger partial charge in [-0.25, -0.2) is 4.84 Å². The van der Waals surface area contributed by atoms with Crippen LogP contribution >= 0.6 is 11.8 Å². The van der Waals surface area contributed by atoms with E-state index in [-0.39, 0.29) is 12.4 Å². The van der Waals surface area contributed by atoms with Crippen LogP contribution in [0.2, 0.25) is 0 Å². The summed E-state index contributed by atoms with van der Waals surface area (Å²) in [6.07, 6.45) is 0.271. The first-order chi connectivity index (χ1) is 5.52. The highest BCUT2D eigenvalue weighted by Gasteiger charge is 2.20. The molecule has 0 aromatic heterocycles. The van der Waals surface area contributed by atoms with Gasteiger partial charge in [0.05, 0.1) is 13.5 Å². The van der Waals surface area contributed by atoms with E-state index in [1.807, 2.05) is 13.8 Å². The van der Waals surface area contributed by atoms with Gasteiger partial charge in [-0.2, -0.15) is 0 Å². The van der Waals surface area contributed by atoms with Gasteiger partial charge in [0.1, 0.15) is 0 Å². The average molecular weight is 198 g/mol. The van der Waals surface area contributed by atoms with Crippen LogP contribution in [0.3, 0.4) is 0 Å². The maximum atomic E-state index is 10.7. The molecule has 0 aliphatic heterocycles. The fraction of sp³-hybridized carbons (Fsp3) is 0.857. The second kappa shape index (κ2) is 7.34. The van der Waals surface area contributed by atoms with Crippen LogP contribution in [-0.4, -0.2) is 30.8 Å². The highest BCUT2D eigenvalue weighted by molar-refractivity contribution is 6.14. The lowest BCUT2D eigenvalue weighted by Crippen LogP contribution is -2.35. The third kappa shape index (κ3) is 7.78. The van der Waals surface area contributed by atoms with Gasteiger partial charge >= 0.3 is 5.97 Å². The molecule has 5 heteroatoms. The SMILES string of the molecule is CO.COC(=O)CC(C)(C)NCl. The molecule has 0 amide bonds. The molecule has 0 unspecified atom stereocenters. The van der Waals surface area contributed by atoms with Crippen molar-refractivity contribution in [1.29, 1.82) is 0 Å². The van der Waals surface area contributed by atoms with Crippen LogP contribution in [0.5, 0.6) is 0 Å². The van der Waals surface area contributed by atoms with Crippen molar-refractivity contribution in [3.05, 3.63) is 0 Å². The molecule has 0 bridgehead atoms. The smallest absolute Gasteiger partial charge is 0.307 e. The third-order valence-electron chi connectivity index (χ3n) is 1.07. The monoisotopic (exact) mass is 197 g/mol. The van der Waals surface area contributed by atoms with Gasteiger partial charge in [0, 0.05) is 12.6 Å². The highest BCUT2D eigenvalue weighted by atomic mass is 35.5. The van der Waals surface area contributed by atoms with Gasteiger partial charge < -0.3 is 9.84 Å². The Morgan fingerprint density at radius 1 is 1.58 bits per heavy atom. The average Bonchev–Trinajstić information content (AvgIpc) is 2.07. The largest absolute Gasteiger partial charge is 0.469 e. The highest BCUT2D eigenvalue weighted by Crippen LogP contribution is 2.09. The van der Waals surface area contributed by atoms with Gasteiger partial charge in [0.2, 0.25) is 0 Å². The van der Waals surface area contributed by atoms with Crippen molar-refractivity contribution in [3.63, 3.8) is 0 Å². The van der Waals surface area contributed by atoms with E-state index in [4.69, 9.17) is 16.9 Å². The molecule has 4 nitrogen and oxygen atoms in total. The van der Waals surface area contributed by atoms with Gasteiger partial charge in [0.25, 0.3) is 0 Å². The molecule has 12 heavy (non-hydrogen) atoms. The predicted molar refractivity (Wildman–Crippen MR) is 47.8 cm³/mol. The number of halogens is 1. The molecule has 74 valence electrons. The summed E-state index contributed by atoms with van der Waals surface area (Å²) >= 11 is 5.34. The summed E-state index contributed by atoms with van der Waals surface area (Å²) in [4.78, 5) is 13.1. The van der Waals surface area contributed by atoms with E-state index in [0.29, 0.717) is 0 Å². The Kier molecular flexibility index (Phi) is 8.69. The molecule has 0 spiro atoms. The number of ether oxygens (including phenoxy) is 1. The molecule has 0 heterocycles. The fourth-order valence-electron chi connectivity index (χ4n) is 0.466. The first-order valence-corrected chi connectivity index (χ1v) is 3.79. The first-order valence-electron chi connectivity index (χ1n) is 3.41. The third-order valence-corrected chi connectivity index (χ3v) is 1.58. The zero-order valence-corrected chi connectivity index (χ0v) is 8.60. The number of aliphatic hydroxyl groups excluding tert-OH is 1. The van der Waals surface area contributed by atoms with E-state index in [0.717, 1.165) is 7.11 Å². The van der Waals surface area contributed by atoms with Crippen molar-refractivity contribution < 1.29 is 14.6 Å². The van der Waals surface area contributed by atoms with E-state index in [1.165, 1.54) is 7.11 Å². The number of carbonyl (C=O) groups excluding carboxylic acids is 1. The van der Waals surface area contributed by atoms with Crippen molar-refractivity contribution >= 4 is 17.7 Å². The van der Waals surface area contributed by atoms with Crippen LogP contribution in [0.4, 0.5) is 0 Å². The quantitative estimate of drug-likeness (QED) is 0.516. The molecular weight excluding hydrogens is 182 g/mol. The molecule has 0 aromatic rings. The molecule has 0 atom stereocenters. The van der Waals surface area contributed by atoms with E-state index in [9.17, 15) is 4.79 Å². The molecule has 0 saturated carbocycles. The van der Waals surface area contributed by atoms with Crippen LogP contribution in [0.25, 0.3) is 0 Å². The first kappa shape index (κ1) is 14.2. The lowest BCUT2D eigenvalue weighted by atomic mass is 10.0. The summed E-state index contributed by atoms with van der Waals surface area (Å²) in [5, 5.41) is 7.00. The summed E-state index contributed by atoms with van der Waals surface area (Å²) in [7, 11) is 2.35. The molecule has 0 aliphatic rings. The number of methoxy groups -OCH3 is 1. The van der Waals surface area contributed by atoms with Gasteiger partial charge in [-0.15, -0.1) is 0 Å². The number of hydrogen-bond acceptors (Lipinski definition) is 4. The molecule has 0 fully saturated rings. The van der Waals surface area contributed by atoms with Gasteiger partial charge in [0.15, 0.2) is 0 Å². The fourth-order valence-corrected chi connectivity index (χ4v) is 0.533. The Morgan fingerprint density at radius 2 is 2.00 bits per heavy atom. The van der Waals surface area contributed by atoms with Crippen molar-refractivity contribution in [3.8, 4) is 0 Å². The van der Waals surface area contributed by atoms with Crippen LogP contribution in [-0.2, 0) is 9.53 Å². The molecule has 0 radical (unpaired) electrons. The van der Waals surface area contributed by atoms with Crippen LogP contribution in [0.15, 0.2) is 0 Å². The van der Waals surface area contributed by atoms with E-state index in [1.54, 1.807) is 0 Å². The zero-order valence-electron chi connectivity index (χ0n) is 7.85. The second-order valence-corrected chi connectivity index (χ2v) is 2.92. The van der Waals surface area contributed by atoms with Crippen LogP contribution < -0.4 is 4.84 Å². The summed E-state index contributed by atoms with van der Waals surface area (Å²) in [5.41, 5.74) is -0.394. The number of aliphatic hydroxyl groups is 1. The maximum absolute atomic E-state index is 10.7. The molecular formula is C7H16ClNO3. The number of carbonyl (C=O) groups is 1. The van der Waals surface area contributed by atoms with Gasteiger partial charge in [-0.3, -0.25) is 4.79 Å². The minimum absolute atomic E-state index is 0.266. The molecule has 0 aliphatic carbocycles. The zero-order chi connectivity index (χ0) is 10.2. The van der Waals surface area contributed by atoms with Crippen molar-refractivity contribution in [1.82, 2.24) is 4.84 Å². The topological polar surface area (TPSA) is 58.6 Å². The van der Waals surface area contributed by atoms with E-state index < -0.39 is 5.54 Å². The Bertz CT molecular complexity index is 128. The van der Waals surface area contributed by atoms with E-state index >= 15 is 0 Å². The summed E-state index contributed by atoms with van der Waals surface area (Å²) in [6, 6.07) is 0. The molecule has 2 N–H and O–H groups in total. The van der Waals surface area contributed by atoms with Gasteiger partial charge in [-0.1, -0.05) is 0 Å². The number of nitrogens with one attached hydrogen (secondary N) is 1.